The number of nitrogens with one attached hydrogen (secondary N) is 1. The van der Waals surface area contributed by atoms with Crippen LogP contribution in [0.15, 0.2) is 11.2 Å². The number of aryl methyl sites for hydroxylation is 1. The number of aliphatic hydroxyl groups is 1. The predicted molar refractivity (Wildman–Crippen MR) is 66.5 cm³/mol. The molecule has 1 aromatic rings. The Morgan fingerprint density at radius 3 is 3.00 bits per heavy atom. The third kappa shape index (κ3) is 2.57. The fourth-order valence-corrected chi connectivity index (χ4v) is 3.67. The molecule has 1 fully saturated rings. The van der Waals surface area contributed by atoms with Gasteiger partial charge in [-0.3, -0.25) is 0 Å². The van der Waals surface area contributed by atoms with Crippen LogP contribution in [-0.2, 0) is 16.4 Å². The summed E-state index contributed by atoms with van der Waals surface area (Å²) in [5, 5.41) is 9.30. The number of H-pyrrole nitrogens is 1. The van der Waals surface area contributed by atoms with Crippen LogP contribution in [0.2, 0.25) is 0 Å². The molecule has 18 heavy (non-hydrogen) atoms. The van der Waals surface area contributed by atoms with Crippen molar-refractivity contribution in [1.29, 1.82) is 0 Å². The summed E-state index contributed by atoms with van der Waals surface area (Å²) < 4.78 is 26.1. The average Bonchev–Trinajstić information content (AvgIpc) is 2.88. The first kappa shape index (κ1) is 13.5. The van der Waals surface area contributed by atoms with E-state index in [1.54, 1.807) is 0 Å². The number of aromatic amines is 1. The summed E-state index contributed by atoms with van der Waals surface area (Å²) in [5.41, 5.74) is 0. The molecule has 2 heterocycles. The SMILES string of the molecule is CCc1ncc(S(=O)(=O)N2CCCC(CO)C2)[nH]1. The summed E-state index contributed by atoms with van der Waals surface area (Å²) in [6, 6.07) is 0. The number of hydrogen-bond donors (Lipinski definition) is 2. The minimum Gasteiger partial charge on any atom is -0.396 e. The zero-order valence-electron chi connectivity index (χ0n) is 10.5. The van der Waals surface area contributed by atoms with Gasteiger partial charge in [0.05, 0.1) is 6.20 Å². The van der Waals surface area contributed by atoms with Crippen molar-refractivity contribution in [3.63, 3.8) is 0 Å². The maximum absolute atomic E-state index is 12.4. The average molecular weight is 273 g/mol. The van der Waals surface area contributed by atoms with Crippen LogP contribution >= 0.6 is 0 Å². The maximum atomic E-state index is 12.4. The standard InChI is InChI=1S/C11H19N3O3S/c1-2-10-12-6-11(13-10)18(16,17)14-5-3-4-9(7-14)8-15/h6,9,15H,2-5,7-8H2,1H3,(H,12,13). The van der Waals surface area contributed by atoms with Crippen LogP contribution in [0.5, 0.6) is 0 Å². The van der Waals surface area contributed by atoms with E-state index in [-0.39, 0.29) is 17.6 Å². The van der Waals surface area contributed by atoms with E-state index >= 15 is 0 Å². The largest absolute Gasteiger partial charge is 0.396 e. The number of aliphatic hydroxyl groups excluding tert-OH is 1. The quantitative estimate of drug-likeness (QED) is 0.829. The summed E-state index contributed by atoms with van der Waals surface area (Å²) >= 11 is 0. The zero-order chi connectivity index (χ0) is 13.2. The molecule has 0 spiro atoms. The van der Waals surface area contributed by atoms with Crippen molar-refractivity contribution in [3.8, 4) is 0 Å². The van der Waals surface area contributed by atoms with E-state index in [1.807, 2.05) is 6.92 Å². The van der Waals surface area contributed by atoms with Gasteiger partial charge in [0, 0.05) is 26.1 Å². The summed E-state index contributed by atoms with van der Waals surface area (Å²) in [6.45, 7) is 2.85. The number of hydrogen-bond acceptors (Lipinski definition) is 4. The summed E-state index contributed by atoms with van der Waals surface area (Å²) in [6.07, 6.45) is 3.72. The summed E-state index contributed by atoms with van der Waals surface area (Å²) in [5.74, 6) is 0.714. The number of imidazole rings is 1. The molecule has 6 nitrogen and oxygen atoms in total. The predicted octanol–water partition coefficient (Wildman–Crippen LogP) is 0.365. The minimum atomic E-state index is -3.49. The molecule has 1 unspecified atom stereocenters. The van der Waals surface area contributed by atoms with Crippen molar-refractivity contribution in [3.05, 3.63) is 12.0 Å². The smallest absolute Gasteiger partial charge is 0.260 e. The molecule has 2 rings (SSSR count). The number of rotatable bonds is 4. The molecule has 0 saturated carbocycles. The van der Waals surface area contributed by atoms with Gasteiger partial charge in [-0.25, -0.2) is 13.4 Å². The van der Waals surface area contributed by atoms with Crippen molar-refractivity contribution < 1.29 is 13.5 Å². The molecule has 0 aliphatic carbocycles. The Morgan fingerprint density at radius 1 is 1.61 bits per heavy atom. The Morgan fingerprint density at radius 2 is 2.39 bits per heavy atom. The summed E-state index contributed by atoms with van der Waals surface area (Å²) in [4.78, 5) is 6.85. The van der Waals surface area contributed by atoms with Gasteiger partial charge in [-0.1, -0.05) is 6.92 Å². The number of piperidine rings is 1. The van der Waals surface area contributed by atoms with E-state index in [0.717, 1.165) is 12.8 Å². The van der Waals surface area contributed by atoms with Crippen LogP contribution in [0.25, 0.3) is 0 Å². The molecule has 1 aliphatic rings. The molecule has 102 valence electrons. The van der Waals surface area contributed by atoms with Crippen molar-refractivity contribution in [2.45, 2.75) is 31.2 Å². The Hall–Kier alpha value is -0.920. The minimum absolute atomic E-state index is 0.0369. The number of sulfonamides is 1. The maximum Gasteiger partial charge on any atom is 0.260 e. The Bertz CT molecular complexity index is 497. The van der Waals surface area contributed by atoms with Crippen LogP contribution in [0, 0.1) is 5.92 Å². The van der Waals surface area contributed by atoms with Crippen LogP contribution in [-0.4, -0.2) is 47.5 Å². The summed E-state index contributed by atoms with van der Waals surface area (Å²) in [7, 11) is -3.49. The first-order valence-electron chi connectivity index (χ1n) is 6.22. The van der Waals surface area contributed by atoms with Gasteiger partial charge in [-0.05, 0) is 18.8 Å². The Kier molecular flexibility index (Phi) is 4.04. The molecule has 0 amide bonds. The number of nitrogens with zero attached hydrogens (tertiary/aromatic N) is 2. The van der Waals surface area contributed by atoms with Gasteiger partial charge >= 0.3 is 0 Å². The molecule has 7 heteroatoms. The lowest BCUT2D eigenvalue weighted by Gasteiger charge is -2.30. The van der Waals surface area contributed by atoms with Crippen molar-refractivity contribution >= 4 is 10.0 Å². The lowest BCUT2D eigenvalue weighted by molar-refractivity contribution is 0.165. The molecular weight excluding hydrogens is 254 g/mol. The molecule has 0 radical (unpaired) electrons. The normalized spacial score (nSPS) is 22.2. The molecule has 1 atom stereocenters. The van der Waals surface area contributed by atoms with E-state index in [4.69, 9.17) is 5.11 Å². The van der Waals surface area contributed by atoms with Gasteiger partial charge in [-0.15, -0.1) is 0 Å². The Labute approximate surface area is 107 Å². The van der Waals surface area contributed by atoms with E-state index < -0.39 is 10.0 Å². The fourth-order valence-electron chi connectivity index (χ4n) is 2.19. The highest BCUT2D eigenvalue weighted by Gasteiger charge is 2.31. The molecule has 1 aromatic heterocycles. The van der Waals surface area contributed by atoms with Crippen LogP contribution in [0.4, 0.5) is 0 Å². The van der Waals surface area contributed by atoms with Crippen LogP contribution < -0.4 is 0 Å². The van der Waals surface area contributed by atoms with E-state index in [1.165, 1.54) is 10.5 Å². The van der Waals surface area contributed by atoms with Gasteiger partial charge in [0.15, 0.2) is 5.03 Å². The van der Waals surface area contributed by atoms with E-state index in [0.29, 0.717) is 25.3 Å². The fraction of sp³-hybridized carbons (Fsp3) is 0.727. The molecule has 1 saturated heterocycles. The van der Waals surface area contributed by atoms with Crippen molar-refractivity contribution in [2.24, 2.45) is 5.92 Å². The third-order valence-corrected chi connectivity index (χ3v) is 5.07. The van der Waals surface area contributed by atoms with Gasteiger partial charge in [0.2, 0.25) is 0 Å². The monoisotopic (exact) mass is 273 g/mol. The molecule has 1 aliphatic heterocycles. The highest BCUT2D eigenvalue weighted by molar-refractivity contribution is 7.89. The Balaban J connectivity index is 2.19. The lowest BCUT2D eigenvalue weighted by Crippen LogP contribution is -2.41. The molecule has 2 N–H and O–H groups in total. The van der Waals surface area contributed by atoms with Crippen molar-refractivity contribution in [2.75, 3.05) is 19.7 Å². The topological polar surface area (TPSA) is 86.3 Å². The second-order valence-corrected chi connectivity index (χ2v) is 6.51. The lowest BCUT2D eigenvalue weighted by atomic mass is 10.0. The highest BCUT2D eigenvalue weighted by atomic mass is 32.2. The number of aromatic nitrogens is 2. The van der Waals surface area contributed by atoms with E-state index in [2.05, 4.69) is 9.97 Å². The van der Waals surface area contributed by atoms with Crippen LogP contribution in [0.3, 0.4) is 0 Å². The third-order valence-electron chi connectivity index (χ3n) is 3.30. The van der Waals surface area contributed by atoms with Gasteiger partial charge in [-0.2, -0.15) is 4.31 Å². The second-order valence-electron chi connectivity index (χ2n) is 4.60. The second kappa shape index (κ2) is 5.38. The molecular formula is C11H19N3O3S. The van der Waals surface area contributed by atoms with Gasteiger partial charge in [0.1, 0.15) is 5.82 Å². The van der Waals surface area contributed by atoms with Gasteiger partial charge < -0.3 is 10.1 Å². The molecule has 0 bridgehead atoms. The zero-order valence-corrected chi connectivity index (χ0v) is 11.3. The first-order valence-corrected chi connectivity index (χ1v) is 7.66. The first-order chi connectivity index (χ1) is 8.57. The van der Waals surface area contributed by atoms with Crippen molar-refractivity contribution in [1.82, 2.24) is 14.3 Å². The van der Waals surface area contributed by atoms with Gasteiger partial charge in [0.25, 0.3) is 10.0 Å². The van der Waals surface area contributed by atoms with E-state index in [9.17, 15) is 8.42 Å². The highest BCUT2D eigenvalue weighted by Crippen LogP contribution is 2.22. The van der Waals surface area contributed by atoms with Crippen LogP contribution in [0.1, 0.15) is 25.6 Å². The molecule has 0 aromatic carbocycles.